The maximum Gasteiger partial charge on any atom is 0.471 e. The number of nitrogens with one attached hydrogen (secondary N) is 1. The summed E-state index contributed by atoms with van der Waals surface area (Å²) in [5.41, 5.74) is 6.74. The molecule has 3 heterocycles. The van der Waals surface area contributed by atoms with E-state index in [4.69, 9.17) is 10.5 Å². The van der Waals surface area contributed by atoms with Crippen molar-refractivity contribution in [3.05, 3.63) is 18.1 Å². The number of alkyl halides is 3. The number of halogens is 3. The van der Waals surface area contributed by atoms with Gasteiger partial charge in [0, 0.05) is 12.6 Å². The summed E-state index contributed by atoms with van der Waals surface area (Å²) in [6.45, 7) is 1.41. The topological polar surface area (TPSA) is 115 Å². The van der Waals surface area contributed by atoms with Crippen molar-refractivity contribution in [1.82, 2.24) is 19.9 Å². The highest BCUT2D eigenvalue weighted by molar-refractivity contribution is 5.92. The van der Waals surface area contributed by atoms with Crippen LogP contribution in [0.5, 0.6) is 0 Å². The molecule has 1 amide bonds. The van der Waals surface area contributed by atoms with Crippen LogP contribution in [0.1, 0.15) is 31.6 Å². The minimum atomic E-state index is -4.97. The van der Waals surface area contributed by atoms with E-state index in [1.807, 2.05) is 6.92 Å². The molecule has 3 atom stereocenters. The highest BCUT2D eigenvalue weighted by Gasteiger charge is 2.38. The van der Waals surface area contributed by atoms with Gasteiger partial charge in [-0.25, -0.2) is 9.97 Å². The lowest BCUT2D eigenvalue weighted by Crippen LogP contribution is -2.36. The SMILES string of the molecule is CC[C@H]1O[C@@H](n2cc(C#CCNC(=O)C(F)(F)F)c3c(N)ncnc32)C[C@H]1O. The molecule has 1 fully saturated rings. The van der Waals surface area contributed by atoms with Gasteiger partial charge in [-0.3, -0.25) is 4.79 Å². The lowest BCUT2D eigenvalue weighted by Gasteiger charge is -2.14. The molecular weight excluding hydrogens is 379 g/mol. The van der Waals surface area contributed by atoms with E-state index in [0.29, 0.717) is 29.4 Å². The monoisotopic (exact) mass is 397 g/mol. The maximum absolute atomic E-state index is 12.2. The highest BCUT2D eigenvalue weighted by Crippen LogP contribution is 2.34. The van der Waals surface area contributed by atoms with Gasteiger partial charge in [-0.2, -0.15) is 13.2 Å². The molecular formula is C17H18F3N5O3. The summed E-state index contributed by atoms with van der Waals surface area (Å²) < 4.78 is 44.1. The number of amides is 1. The summed E-state index contributed by atoms with van der Waals surface area (Å²) in [5.74, 6) is 3.23. The predicted molar refractivity (Wildman–Crippen MR) is 92.7 cm³/mol. The fraction of sp³-hybridized carbons (Fsp3) is 0.471. The molecule has 4 N–H and O–H groups in total. The van der Waals surface area contributed by atoms with Crippen LogP contribution in [0.25, 0.3) is 11.0 Å². The third-order valence-electron chi connectivity index (χ3n) is 4.37. The molecule has 11 heteroatoms. The van der Waals surface area contributed by atoms with Crippen LogP contribution in [0.15, 0.2) is 12.5 Å². The number of hydrogen-bond donors (Lipinski definition) is 3. The molecule has 0 bridgehead atoms. The average molecular weight is 397 g/mol. The number of anilines is 1. The van der Waals surface area contributed by atoms with Gasteiger partial charge in [0.15, 0.2) is 0 Å². The van der Waals surface area contributed by atoms with Crippen LogP contribution in [0.2, 0.25) is 0 Å². The van der Waals surface area contributed by atoms with E-state index in [1.54, 1.807) is 16.1 Å². The van der Waals surface area contributed by atoms with Crippen LogP contribution in [0, 0.1) is 11.8 Å². The summed E-state index contributed by atoms with van der Waals surface area (Å²) in [4.78, 5) is 18.9. The van der Waals surface area contributed by atoms with Crippen LogP contribution in [0.4, 0.5) is 19.0 Å². The van der Waals surface area contributed by atoms with Crippen molar-refractivity contribution >= 4 is 22.8 Å². The van der Waals surface area contributed by atoms with Crippen molar-refractivity contribution in [2.24, 2.45) is 0 Å². The molecule has 0 saturated carbocycles. The second-order valence-electron chi connectivity index (χ2n) is 6.23. The Labute approximate surface area is 157 Å². The van der Waals surface area contributed by atoms with Gasteiger partial charge in [0.05, 0.1) is 29.7 Å². The fourth-order valence-electron chi connectivity index (χ4n) is 3.04. The summed E-state index contributed by atoms with van der Waals surface area (Å²) >= 11 is 0. The van der Waals surface area contributed by atoms with Crippen LogP contribution < -0.4 is 11.1 Å². The van der Waals surface area contributed by atoms with E-state index in [0.717, 1.165) is 0 Å². The van der Waals surface area contributed by atoms with E-state index in [9.17, 15) is 23.1 Å². The molecule has 1 saturated heterocycles. The van der Waals surface area contributed by atoms with Gasteiger partial charge in [-0.05, 0) is 6.42 Å². The number of aliphatic hydroxyl groups is 1. The maximum atomic E-state index is 12.2. The number of nitrogens with two attached hydrogens (primary N) is 1. The first-order valence-corrected chi connectivity index (χ1v) is 8.50. The van der Waals surface area contributed by atoms with Crippen LogP contribution in [-0.4, -0.2) is 50.5 Å². The van der Waals surface area contributed by atoms with Gasteiger partial charge >= 0.3 is 12.1 Å². The zero-order chi connectivity index (χ0) is 20.5. The van der Waals surface area contributed by atoms with Gasteiger partial charge in [0.25, 0.3) is 0 Å². The fourth-order valence-corrected chi connectivity index (χ4v) is 3.04. The zero-order valence-corrected chi connectivity index (χ0v) is 14.8. The van der Waals surface area contributed by atoms with E-state index >= 15 is 0 Å². The van der Waals surface area contributed by atoms with Crippen molar-refractivity contribution in [2.45, 2.75) is 44.4 Å². The Morgan fingerprint density at radius 1 is 1.50 bits per heavy atom. The summed E-state index contributed by atoms with van der Waals surface area (Å²) in [7, 11) is 0. The normalized spacial score (nSPS) is 22.1. The third-order valence-corrected chi connectivity index (χ3v) is 4.37. The highest BCUT2D eigenvalue weighted by atomic mass is 19.4. The van der Waals surface area contributed by atoms with Crippen molar-refractivity contribution in [3.8, 4) is 11.8 Å². The molecule has 0 aliphatic carbocycles. The van der Waals surface area contributed by atoms with Crippen LogP contribution in [-0.2, 0) is 9.53 Å². The van der Waals surface area contributed by atoms with Gasteiger partial charge in [0.1, 0.15) is 24.0 Å². The lowest BCUT2D eigenvalue weighted by atomic mass is 10.1. The quantitative estimate of drug-likeness (QED) is 0.668. The molecule has 1 aliphatic rings. The Hall–Kier alpha value is -2.84. The molecule has 0 radical (unpaired) electrons. The number of aliphatic hydroxyl groups excluding tert-OH is 1. The minimum Gasteiger partial charge on any atom is -0.390 e. The number of fused-ring (bicyclic) bond motifs is 1. The first-order valence-electron chi connectivity index (χ1n) is 8.50. The number of aromatic nitrogens is 3. The molecule has 2 aromatic rings. The van der Waals surface area contributed by atoms with Crippen molar-refractivity contribution in [2.75, 3.05) is 12.3 Å². The van der Waals surface area contributed by atoms with E-state index < -0.39 is 31.0 Å². The second-order valence-corrected chi connectivity index (χ2v) is 6.23. The van der Waals surface area contributed by atoms with Crippen molar-refractivity contribution in [3.63, 3.8) is 0 Å². The van der Waals surface area contributed by atoms with Crippen molar-refractivity contribution in [1.29, 1.82) is 0 Å². The van der Waals surface area contributed by atoms with Gasteiger partial charge in [0.2, 0.25) is 0 Å². The molecule has 8 nitrogen and oxygen atoms in total. The summed E-state index contributed by atoms with van der Waals surface area (Å²) in [6.07, 6.45) is -2.53. The first-order chi connectivity index (χ1) is 13.2. The zero-order valence-electron chi connectivity index (χ0n) is 14.8. The Morgan fingerprint density at radius 2 is 2.25 bits per heavy atom. The van der Waals surface area contributed by atoms with Gasteiger partial charge in [-0.1, -0.05) is 18.8 Å². The standard InChI is InChI=1S/C17H18F3N5O3/c1-2-11-10(26)6-12(28-11)25-7-9(13-14(21)23-8-24-15(13)25)4-3-5-22-16(27)17(18,19)20/h7-8,10-12,26H,2,5-6H2,1H3,(H,22,27)(H2,21,23,24)/t10-,11-,12-/m1/s1. The van der Waals surface area contributed by atoms with Crippen LogP contribution in [0.3, 0.4) is 0 Å². The van der Waals surface area contributed by atoms with E-state index in [-0.39, 0.29) is 11.9 Å². The second kappa shape index (κ2) is 7.65. The number of nitrogens with zero attached hydrogens (tertiary/aromatic N) is 3. The van der Waals surface area contributed by atoms with Gasteiger partial charge in [-0.15, -0.1) is 0 Å². The summed E-state index contributed by atoms with van der Waals surface area (Å²) in [6, 6.07) is 0. The number of hydrogen-bond acceptors (Lipinski definition) is 6. The number of nitrogen functional groups attached to an aromatic ring is 1. The summed E-state index contributed by atoms with van der Waals surface area (Å²) in [5, 5.41) is 12.2. The predicted octanol–water partition coefficient (Wildman–Crippen LogP) is 1.10. The third kappa shape index (κ3) is 3.88. The molecule has 28 heavy (non-hydrogen) atoms. The Balaban J connectivity index is 1.88. The van der Waals surface area contributed by atoms with E-state index in [1.165, 1.54) is 6.33 Å². The van der Waals surface area contributed by atoms with Gasteiger partial charge < -0.3 is 25.5 Å². The molecule has 150 valence electrons. The number of carbonyl (C=O) groups is 1. The van der Waals surface area contributed by atoms with Crippen LogP contribution >= 0.6 is 0 Å². The Bertz CT molecular complexity index is 947. The molecule has 2 aromatic heterocycles. The Morgan fingerprint density at radius 3 is 2.89 bits per heavy atom. The average Bonchev–Trinajstić information content (AvgIpc) is 3.18. The lowest BCUT2D eigenvalue weighted by molar-refractivity contribution is -0.173. The molecule has 1 aliphatic heterocycles. The number of rotatable bonds is 3. The smallest absolute Gasteiger partial charge is 0.390 e. The molecule has 0 spiro atoms. The number of carbonyl (C=O) groups excluding carboxylic acids is 1. The Kier molecular flexibility index (Phi) is 5.44. The minimum absolute atomic E-state index is 0.151. The molecule has 3 rings (SSSR count). The molecule has 0 aromatic carbocycles. The number of ether oxygens (including phenoxy) is 1. The largest absolute Gasteiger partial charge is 0.471 e. The molecule has 0 unspecified atom stereocenters. The van der Waals surface area contributed by atoms with Crippen molar-refractivity contribution < 1.29 is 27.8 Å². The first kappa shape index (κ1) is 19.9. The van der Waals surface area contributed by atoms with E-state index in [2.05, 4.69) is 21.8 Å².